The molecule has 0 N–H and O–H groups in total. The van der Waals surface area contributed by atoms with Crippen LogP contribution < -0.4 is 14.4 Å². The van der Waals surface area contributed by atoms with Crippen LogP contribution in [0.25, 0.3) is 0 Å². The van der Waals surface area contributed by atoms with Gasteiger partial charge in [-0.05, 0) is 24.3 Å². The second-order valence-electron chi connectivity index (χ2n) is 5.38. The summed E-state index contributed by atoms with van der Waals surface area (Å²) in [6, 6.07) is 17.3. The molecule has 128 valence electrons. The van der Waals surface area contributed by atoms with E-state index in [4.69, 9.17) is 14.7 Å². The molecular weight excluding hydrogens is 336 g/mol. The molecule has 5 nitrogen and oxygen atoms in total. The van der Waals surface area contributed by atoms with Crippen LogP contribution in [0.4, 0.5) is 5.69 Å². The predicted molar refractivity (Wildman–Crippen MR) is 97.2 cm³/mol. The number of amides is 1. The number of carbonyl (C=O) groups is 1. The average molecular weight is 354 g/mol. The Bertz CT molecular complexity index is 774. The molecule has 0 fully saturated rings. The molecule has 6 heteroatoms. The molecular formula is C19H18N2O3S. The summed E-state index contributed by atoms with van der Waals surface area (Å²) in [4.78, 5) is 15.4. The second-order valence-corrected chi connectivity index (χ2v) is 6.43. The summed E-state index contributed by atoms with van der Waals surface area (Å²) in [5.74, 6) is 1.58. The normalized spacial score (nSPS) is 12.3. The Kier molecular flexibility index (Phi) is 5.81. The lowest BCUT2D eigenvalue weighted by molar-refractivity contribution is -0.116. The quantitative estimate of drug-likeness (QED) is 0.743. The summed E-state index contributed by atoms with van der Waals surface area (Å²) in [6.07, 6.45) is 0.274. The van der Waals surface area contributed by atoms with Gasteiger partial charge in [0.2, 0.25) is 5.91 Å². The molecule has 0 unspecified atom stereocenters. The van der Waals surface area contributed by atoms with Crippen molar-refractivity contribution < 1.29 is 14.3 Å². The number of anilines is 1. The first-order chi connectivity index (χ1) is 12.3. The summed E-state index contributed by atoms with van der Waals surface area (Å²) >= 11 is 1.48. The third-order valence-electron chi connectivity index (χ3n) is 3.69. The Morgan fingerprint density at radius 2 is 1.88 bits per heavy atom. The monoisotopic (exact) mass is 354 g/mol. The van der Waals surface area contributed by atoms with Crippen LogP contribution in [0.5, 0.6) is 11.5 Å². The zero-order valence-corrected chi connectivity index (χ0v) is 14.5. The number of nitrogens with zero attached hydrogens (tertiary/aromatic N) is 2. The number of fused-ring (bicyclic) bond motifs is 1. The van der Waals surface area contributed by atoms with E-state index in [-0.39, 0.29) is 12.3 Å². The number of ether oxygens (including phenoxy) is 2. The molecule has 3 rings (SSSR count). The summed E-state index contributed by atoms with van der Waals surface area (Å²) in [5.41, 5.74) is 0.721. The Morgan fingerprint density at radius 3 is 2.64 bits per heavy atom. The maximum absolute atomic E-state index is 12.7. The molecule has 1 heterocycles. The van der Waals surface area contributed by atoms with Gasteiger partial charge in [0.1, 0.15) is 13.2 Å². The first-order valence-corrected chi connectivity index (χ1v) is 9.01. The van der Waals surface area contributed by atoms with Crippen LogP contribution in [0, 0.1) is 11.3 Å². The van der Waals surface area contributed by atoms with Crippen LogP contribution in [0.3, 0.4) is 0 Å². The van der Waals surface area contributed by atoms with Gasteiger partial charge >= 0.3 is 0 Å². The van der Waals surface area contributed by atoms with Gasteiger partial charge in [-0.25, -0.2) is 0 Å². The zero-order valence-electron chi connectivity index (χ0n) is 13.7. The number of thioether (sulfide) groups is 1. The van der Waals surface area contributed by atoms with Crippen molar-refractivity contribution in [2.75, 3.05) is 30.4 Å². The van der Waals surface area contributed by atoms with Crippen LogP contribution >= 0.6 is 11.8 Å². The molecule has 0 aliphatic carbocycles. The number of hydrogen-bond acceptors (Lipinski definition) is 5. The van der Waals surface area contributed by atoms with Gasteiger partial charge < -0.3 is 14.4 Å². The van der Waals surface area contributed by atoms with Gasteiger partial charge in [-0.3, -0.25) is 4.79 Å². The number of rotatable bonds is 6. The molecule has 0 saturated heterocycles. The highest BCUT2D eigenvalue weighted by Crippen LogP contribution is 2.34. The lowest BCUT2D eigenvalue weighted by Gasteiger charge is -2.24. The smallest absolute Gasteiger partial charge is 0.237 e. The van der Waals surface area contributed by atoms with Crippen molar-refractivity contribution in [3.63, 3.8) is 0 Å². The highest BCUT2D eigenvalue weighted by molar-refractivity contribution is 8.00. The van der Waals surface area contributed by atoms with E-state index >= 15 is 0 Å². The van der Waals surface area contributed by atoms with Crippen LogP contribution in [-0.4, -0.2) is 31.4 Å². The van der Waals surface area contributed by atoms with E-state index in [0.717, 1.165) is 10.6 Å². The Hall–Kier alpha value is -2.65. The van der Waals surface area contributed by atoms with Crippen molar-refractivity contribution in [2.24, 2.45) is 0 Å². The van der Waals surface area contributed by atoms with Gasteiger partial charge in [0.25, 0.3) is 0 Å². The average Bonchev–Trinajstić information content (AvgIpc) is 2.67. The zero-order chi connectivity index (χ0) is 17.5. The van der Waals surface area contributed by atoms with E-state index < -0.39 is 0 Å². The lowest BCUT2D eigenvalue weighted by atomic mass is 10.2. The third-order valence-corrected chi connectivity index (χ3v) is 4.69. The van der Waals surface area contributed by atoms with E-state index in [1.165, 1.54) is 11.8 Å². The van der Waals surface area contributed by atoms with Crippen LogP contribution in [0.15, 0.2) is 53.4 Å². The minimum absolute atomic E-state index is 0.0409. The Labute approximate surface area is 151 Å². The van der Waals surface area contributed by atoms with Gasteiger partial charge in [-0.1, -0.05) is 18.2 Å². The van der Waals surface area contributed by atoms with E-state index in [1.54, 1.807) is 17.0 Å². The maximum Gasteiger partial charge on any atom is 0.237 e. The Morgan fingerprint density at radius 1 is 1.12 bits per heavy atom. The molecule has 2 aromatic rings. The lowest BCUT2D eigenvalue weighted by Crippen LogP contribution is -2.33. The van der Waals surface area contributed by atoms with Crippen molar-refractivity contribution in [1.29, 1.82) is 5.26 Å². The van der Waals surface area contributed by atoms with Crippen molar-refractivity contribution in [3.8, 4) is 17.6 Å². The predicted octanol–water partition coefficient (Wildman–Crippen LogP) is 3.50. The SMILES string of the molecule is N#CCCN(C(=O)CSc1ccccc1)c1ccc2c(c1)OCCO2. The van der Waals surface area contributed by atoms with Gasteiger partial charge in [-0.2, -0.15) is 5.26 Å². The number of nitriles is 1. The summed E-state index contributed by atoms with van der Waals surface area (Å²) in [7, 11) is 0. The van der Waals surface area contributed by atoms with Crippen molar-refractivity contribution >= 4 is 23.4 Å². The number of hydrogen-bond donors (Lipinski definition) is 0. The first kappa shape index (κ1) is 17.2. The first-order valence-electron chi connectivity index (χ1n) is 8.03. The van der Waals surface area contributed by atoms with E-state index in [9.17, 15) is 4.79 Å². The molecule has 25 heavy (non-hydrogen) atoms. The second kappa shape index (κ2) is 8.45. The van der Waals surface area contributed by atoms with Crippen molar-refractivity contribution in [2.45, 2.75) is 11.3 Å². The Balaban J connectivity index is 1.74. The fraction of sp³-hybridized carbons (Fsp3) is 0.263. The maximum atomic E-state index is 12.7. The van der Waals surface area contributed by atoms with Crippen molar-refractivity contribution in [1.82, 2.24) is 0 Å². The van der Waals surface area contributed by atoms with Gasteiger partial charge in [0.05, 0.1) is 18.2 Å². The number of benzene rings is 2. The molecule has 1 amide bonds. The van der Waals surface area contributed by atoms with Gasteiger partial charge in [0.15, 0.2) is 11.5 Å². The van der Waals surface area contributed by atoms with Crippen LogP contribution in [0.1, 0.15) is 6.42 Å². The molecule has 1 aliphatic rings. The molecule has 0 radical (unpaired) electrons. The summed E-state index contributed by atoms with van der Waals surface area (Å²) < 4.78 is 11.1. The van der Waals surface area contributed by atoms with E-state index in [0.29, 0.717) is 37.0 Å². The topological polar surface area (TPSA) is 62.6 Å². The van der Waals surface area contributed by atoms with Gasteiger partial charge in [-0.15, -0.1) is 11.8 Å². The number of carbonyl (C=O) groups excluding carboxylic acids is 1. The summed E-state index contributed by atoms with van der Waals surface area (Å²) in [6.45, 7) is 1.37. The molecule has 0 saturated carbocycles. The van der Waals surface area contributed by atoms with E-state index in [1.807, 2.05) is 36.4 Å². The molecule has 0 bridgehead atoms. The third kappa shape index (κ3) is 4.46. The fourth-order valence-corrected chi connectivity index (χ4v) is 3.29. The molecule has 0 atom stereocenters. The molecule has 0 spiro atoms. The van der Waals surface area contributed by atoms with Crippen molar-refractivity contribution in [3.05, 3.63) is 48.5 Å². The largest absolute Gasteiger partial charge is 0.486 e. The summed E-state index contributed by atoms with van der Waals surface area (Å²) in [5, 5.41) is 8.91. The van der Waals surface area contributed by atoms with Crippen LogP contribution in [0.2, 0.25) is 0 Å². The molecule has 1 aliphatic heterocycles. The standard InChI is InChI=1S/C19H18N2O3S/c20-9-4-10-21(19(22)14-25-16-5-2-1-3-6-16)15-7-8-17-18(13-15)24-12-11-23-17/h1-3,5-8,13H,4,10-12,14H2. The molecule has 2 aromatic carbocycles. The fourth-order valence-electron chi connectivity index (χ4n) is 2.50. The highest BCUT2D eigenvalue weighted by Gasteiger charge is 2.19. The highest BCUT2D eigenvalue weighted by atomic mass is 32.2. The van der Waals surface area contributed by atoms with Crippen LogP contribution in [-0.2, 0) is 4.79 Å². The van der Waals surface area contributed by atoms with Gasteiger partial charge in [0, 0.05) is 23.2 Å². The minimum atomic E-state index is -0.0409. The molecule has 0 aromatic heterocycles. The van der Waals surface area contributed by atoms with E-state index in [2.05, 4.69) is 6.07 Å². The minimum Gasteiger partial charge on any atom is -0.486 e.